The minimum atomic E-state index is -3.65. The number of nitrogens with zero attached hydrogens (tertiary/aromatic N) is 1. The van der Waals surface area contributed by atoms with Crippen LogP contribution >= 0.6 is 34.8 Å². The van der Waals surface area contributed by atoms with Gasteiger partial charge in [0.05, 0.1) is 5.02 Å². The van der Waals surface area contributed by atoms with E-state index in [1.54, 1.807) is 6.07 Å². The summed E-state index contributed by atoms with van der Waals surface area (Å²) in [6, 6.07) is 3.00. The molecule has 1 saturated carbocycles. The molecular formula is C14H18Cl3NO2S. The molecule has 118 valence electrons. The molecule has 0 N–H and O–H groups in total. The highest BCUT2D eigenvalue weighted by Gasteiger charge is 2.30. The molecular weight excluding hydrogens is 353 g/mol. The highest BCUT2D eigenvalue weighted by molar-refractivity contribution is 7.89. The van der Waals surface area contributed by atoms with Gasteiger partial charge in [-0.3, -0.25) is 0 Å². The summed E-state index contributed by atoms with van der Waals surface area (Å²) < 4.78 is 27.1. The van der Waals surface area contributed by atoms with Crippen molar-refractivity contribution in [2.45, 2.75) is 37.0 Å². The fourth-order valence-electron chi connectivity index (χ4n) is 2.40. The molecule has 0 radical (unpaired) electrons. The standard InChI is InChI=1S/C14H18Cl3NO2S/c1-2-18(9-10-4-3-5-10)21(19,20)13-7-12(16)6-11(8-15)14(13)17/h6-7,10H,2-5,8-9H2,1H3. The third-order valence-electron chi connectivity index (χ3n) is 3.88. The molecule has 0 atom stereocenters. The van der Waals surface area contributed by atoms with Crippen LogP contribution in [-0.4, -0.2) is 25.8 Å². The largest absolute Gasteiger partial charge is 0.244 e. The average molecular weight is 371 g/mol. The summed E-state index contributed by atoms with van der Waals surface area (Å²) in [6.07, 6.45) is 3.35. The molecule has 0 unspecified atom stereocenters. The van der Waals surface area contributed by atoms with E-state index in [1.165, 1.54) is 16.8 Å². The third-order valence-corrected chi connectivity index (χ3v) is 6.91. The normalized spacial score (nSPS) is 16.2. The Bertz CT molecular complexity index is 615. The predicted octanol–water partition coefficient (Wildman–Crippen LogP) is 4.54. The first-order valence-corrected chi connectivity index (χ1v) is 9.67. The summed E-state index contributed by atoms with van der Waals surface area (Å²) in [5.74, 6) is 0.571. The lowest BCUT2D eigenvalue weighted by Gasteiger charge is -2.31. The number of alkyl halides is 1. The van der Waals surface area contributed by atoms with Crippen LogP contribution in [0.4, 0.5) is 0 Å². The van der Waals surface area contributed by atoms with Gasteiger partial charge < -0.3 is 0 Å². The van der Waals surface area contributed by atoms with Gasteiger partial charge in [0.25, 0.3) is 0 Å². The van der Waals surface area contributed by atoms with Crippen LogP contribution in [0.25, 0.3) is 0 Å². The Hall–Kier alpha value is -0.000000000000000111. The number of sulfonamides is 1. The second kappa shape index (κ2) is 7.05. The van der Waals surface area contributed by atoms with E-state index in [2.05, 4.69) is 0 Å². The lowest BCUT2D eigenvalue weighted by Crippen LogP contribution is -2.37. The van der Waals surface area contributed by atoms with Crippen molar-refractivity contribution in [3.63, 3.8) is 0 Å². The van der Waals surface area contributed by atoms with E-state index < -0.39 is 10.0 Å². The van der Waals surface area contributed by atoms with Crippen LogP contribution < -0.4 is 0 Å². The van der Waals surface area contributed by atoms with E-state index in [9.17, 15) is 8.42 Å². The van der Waals surface area contributed by atoms with Gasteiger partial charge in [-0.15, -0.1) is 11.6 Å². The molecule has 1 aromatic rings. The molecule has 1 fully saturated rings. The Kier molecular flexibility index (Phi) is 5.83. The summed E-state index contributed by atoms with van der Waals surface area (Å²) in [6.45, 7) is 2.78. The first-order chi connectivity index (χ1) is 9.90. The maximum atomic E-state index is 12.8. The third kappa shape index (κ3) is 3.67. The SMILES string of the molecule is CCN(CC1CCC1)S(=O)(=O)c1cc(Cl)cc(CCl)c1Cl. The highest BCUT2D eigenvalue weighted by atomic mass is 35.5. The Balaban J connectivity index is 2.39. The number of hydrogen-bond donors (Lipinski definition) is 0. The minimum absolute atomic E-state index is 0.0495. The minimum Gasteiger partial charge on any atom is -0.207 e. The van der Waals surface area contributed by atoms with Gasteiger partial charge in [0.1, 0.15) is 4.90 Å². The van der Waals surface area contributed by atoms with Crippen molar-refractivity contribution in [2.24, 2.45) is 5.92 Å². The van der Waals surface area contributed by atoms with Gasteiger partial charge in [-0.25, -0.2) is 8.42 Å². The summed E-state index contributed by atoms with van der Waals surface area (Å²) in [5, 5.41) is 0.495. The monoisotopic (exact) mass is 369 g/mol. The highest BCUT2D eigenvalue weighted by Crippen LogP contribution is 2.34. The van der Waals surface area contributed by atoms with Gasteiger partial charge >= 0.3 is 0 Å². The predicted molar refractivity (Wildman–Crippen MR) is 87.8 cm³/mol. The van der Waals surface area contributed by atoms with Crippen LogP contribution in [0.3, 0.4) is 0 Å². The second-order valence-electron chi connectivity index (χ2n) is 5.26. The molecule has 1 aliphatic carbocycles. The Morgan fingerprint density at radius 3 is 2.43 bits per heavy atom. The Morgan fingerprint density at radius 1 is 1.29 bits per heavy atom. The zero-order valence-electron chi connectivity index (χ0n) is 11.8. The fraction of sp³-hybridized carbons (Fsp3) is 0.571. The van der Waals surface area contributed by atoms with Gasteiger partial charge in [0.15, 0.2) is 0 Å². The number of hydrogen-bond acceptors (Lipinski definition) is 2. The quantitative estimate of drug-likeness (QED) is 0.689. The summed E-state index contributed by atoms with van der Waals surface area (Å²) in [7, 11) is -3.65. The first kappa shape index (κ1) is 17.4. The fourth-order valence-corrected chi connectivity index (χ4v) is 5.11. The van der Waals surface area contributed by atoms with Gasteiger partial charge in [-0.2, -0.15) is 4.31 Å². The molecule has 7 heteroatoms. The molecule has 0 amide bonds. The molecule has 0 heterocycles. The van der Waals surface area contributed by atoms with E-state index in [1.807, 2.05) is 6.92 Å². The first-order valence-electron chi connectivity index (χ1n) is 6.94. The summed E-state index contributed by atoms with van der Waals surface area (Å²) in [5.41, 5.74) is 0.532. The molecule has 0 bridgehead atoms. The van der Waals surface area contributed by atoms with Gasteiger partial charge in [0.2, 0.25) is 10.0 Å². The van der Waals surface area contributed by atoms with Gasteiger partial charge in [0, 0.05) is 24.0 Å². The molecule has 1 aromatic carbocycles. The molecule has 21 heavy (non-hydrogen) atoms. The zero-order valence-corrected chi connectivity index (χ0v) is 14.9. The number of rotatable bonds is 6. The Labute approximate surface area is 141 Å². The van der Waals surface area contributed by atoms with Crippen LogP contribution in [0.5, 0.6) is 0 Å². The van der Waals surface area contributed by atoms with E-state index in [0.717, 1.165) is 12.8 Å². The molecule has 0 saturated heterocycles. The molecule has 0 spiro atoms. The van der Waals surface area contributed by atoms with Crippen LogP contribution in [0.1, 0.15) is 31.7 Å². The van der Waals surface area contributed by atoms with Crippen LogP contribution in [0.2, 0.25) is 10.0 Å². The average Bonchev–Trinajstić information content (AvgIpc) is 2.39. The Morgan fingerprint density at radius 2 is 1.95 bits per heavy atom. The van der Waals surface area contributed by atoms with Crippen molar-refractivity contribution in [3.8, 4) is 0 Å². The van der Waals surface area contributed by atoms with E-state index in [0.29, 0.717) is 29.6 Å². The van der Waals surface area contributed by atoms with Gasteiger partial charge in [-0.1, -0.05) is 36.5 Å². The molecule has 0 aromatic heterocycles. The van der Waals surface area contributed by atoms with Crippen molar-refractivity contribution in [3.05, 3.63) is 27.7 Å². The van der Waals surface area contributed by atoms with Crippen molar-refractivity contribution in [1.29, 1.82) is 0 Å². The maximum absolute atomic E-state index is 12.8. The number of benzene rings is 1. The van der Waals surface area contributed by atoms with Gasteiger partial charge in [-0.05, 0) is 36.5 Å². The molecule has 1 aliphatic rings. The topological polar surface area (TPSA) is 37.4 Å². The summed E-state index contributed by atoms with van der Waals surface area (Å²) in [4.78, 5) is 0.0495. The molecule has 2 rings (SSSR count). The van der Waals surface area contributed by atoms with Crippen LogP contribution in [-0.2, 0) is 15.9 Å². The van der Waals surface area contributed by atoms with Crippen LogP contribution in [0.15, 0.2) is 17.0 Å². The van der Waals surface area contributed by atoms with E-state index in [-0.39, 0.29) is 15.8 Å². The maximum Gasteiger partial charge on any atom is 0.244 e. The second-order valence-corrected chi connectivity index (χ2v) is 8.25. The van der Waals surface area contributed by atoms with E-state index >= 15 is 0 Å². The van der Waals surface area contributed by atoms with Crippen molar-refractivity contribution in [1.82, 2.24) is 4.31 Å². The van der Waals surface area contributed by atoms with Crippen LogP contribution in [0, 0.1) is 5.92 Å². The summed E-state index contributed by atoms with van der Waals surface area (Å²) >= 11 is 18.0. The van der Waals surface area contributed by atoms with Crippen molar-refractivity contribution < 1.29 is 8.42 Å². The lowest BCUT2D eigenvalue weighted by molar-refractivity contribution is 0.250. The van der Waals surface area contributed by atoms with Crippen molar-refractivity contribution in [2.75, 3.05) is 13.1 Å². The molecule has 3 nitrogen and oxygen atoms in total. The van der Waals surface area contributed by atoms with Crippen molar-refractivity contribution >= 4 is 44.8 Å². The number of halogens is 3. The zero-order chi connectivity index (χ0) is 15.6. The molecule has 0 aliphatic heterocycles. The van der Waals surface area contributed by atoms with E-state index in [4.69, 9.17) is 34.8 Å². The lowest BCUT2D eigenvalue weighted by atomic mass is 9.85. The smallest absolute Gasteiger partial charge is 0.207 e.